The lowest BCUT2D eigenvalue weighted by molar-refractivity contribution is 0.135. The van der Waals surface area contributed by atoms with E-state index in [1.54, 1.807) is 18.4 Å². The molecule has 0 saturated carbocycles. The van der Waals surface area contributed by atoms with Crippen LogP contribution in [0.15, 0.2) is 30.3 Å². The molecule has 0 spiro atoms. The minimum Gasteiger partial charge on any atom is -0.369 e. The predicted molar refractivity (Wildman–Crippen MR) is 67.9 cm³/mol. The Kier molecular flexibility index (Phi) is 3.66. The van der Waals surface area contributed by atoms with Gasteiger partial charge in [0.15, 0.2) is 8.02 Å². The summed E-state index contributed by atoms with van der Waals surface area (Å²) in [6.45, 7) is 0. The Balaban J connectivity index is 2.33. The van der Waals surface area contributed by atoms with Gasteiger partial charge in [-0.3, -0.25) is 0 Å². The molecule has 1 heterocycles. The zero-order valence-electron chi connectivity index (χ0n) is 8.05. The van der Waals surface area contributed by atoms with Crippen LogP contribution in [0, 0.1) is 3.01 Å². The van der Waals surface area contributed by atoms with Crippen LogP contribution < -0.4 is 0 Å². The summed E-state index contributed by atoms with van der Waals surface area (Å²) in [5, 5.41) is 8.98. The van der Waals surface area contributed by atoms with Crippen molar-refractivity contribution >= 4 is 33.9 Å². The Hall–Kier alpha value is -0.530. The first-order chi connectivity index (χ1) is 7.31. The maximum atomic E-state index is 5.44. The van der Waals surface area contributed by atoms with Gasteiger partial charge in [-0.2, -0.15) is 0 Å². The van der Waals surface area contributed by atoms with Gasteiger partial charge in [-0.05, 0) is 28.2 Å². The minimum atomic E-state index is -0.104. The summed E-state index contributed by atoms with van der Waals surface area (Å²) in [7, 11) is 1.69. The lowest BCUT2D eigenvalue weighted by Crippen LogP contribution is -2.02. The molecule has 0 saturated heterocycles. The molecule has 0 radical (unpaired) electrons. The van der Waals surface area contributed by atoms with Crippen molar-refractivity contribution in [3.63, 3.8) is 0 Å². The van der Waals surface area contributed by atoms with Crippen LogP contribution in [-0.2, 0) is 4.74 Å². The lowest BCUT2D eigenvalue weighted by Gasteiger charge is -2.11. The van der Waals surface area contributed by atoms with Crippen molar-refractivity contribution in [2.24, 2.45) is 0 Å². The number of rotatable bonds is 3. The molecule has 0 fully saturated rings. The van der Waals surface area contributed by atoms with Crippen molar-refractivity contribution in [3.8, 4) is 0 Å². The van der Waals surface area contributed by atoms with Crippen molar-refractivity contribution in [2.75, 3.05) is 7.11 Å². The average molecular weight is 332 g/mol. The van der Waals surface area contributed by atoms with Gasteiger partial charge < -0.3 is 4.74 Å². The summed E-state index contributed by atoms with van der Waals surface area (Å²) >= 11 is 3.71. The fraction of sp³-hybridized carbons (Fsp3) is 0.200. The molecule has 1 aromatic heterocycles. The highest BCUT2D eigenvalue weighted by Gasteiger charge is 2.17. The van der Waals surface area contributed by atoms with E-state index in [0.717, 1.165) is 13.6 Å². The lowest BCUT2D eigenvalue weighted by atomic mass is 10.1. The first-order valence-corrected chi connectivity index (χ1v) is 6.27. The van der Waals surface area contributed by atoms with Crippen molar-refractivity contribution < 1.29 is 4.74 Å². The van der Waals surface area contributed by atoms with Gasteiger partial charge in [-0.25, -0.2) is 0 Å². The van der Waals surface area contributed by atoms with Crippen molar-refractivity contribution in [3.05, 3.63) is 43.9 Å². The van der Waals surface area contributed by atoms with Crippen LogP contribution in [0.4, 0.5) is 0 Å². The molecular weight excluding hydrogens is 323 g/mol. The largest absolute Gasteiger partial charge is 0.369 e. The molecule has 0 N–H and O–H groups in total. The number of halogens is 1. The van der Waals surface area contributed by atoms with Crippen molar-refractivity contribution in [1.29, 1.82) is 0 Å². The third-order valence-corrected chi connectivity index (χ3v) is 3.61. The molecule has 2 aromatic rings. The molecule has 0 aliphatic carbocycles. The summed E-state index contributed by atoms with van der Waals surface area (Å²) in [6, 6.07) is 10.0. The fourth-order valence-corrected chi connectivity index (χ4v) is 2.79. The summed E-state index contributed by atoms with van der Waals surface area (Å²) in [5.41, 5.74) is 1.10. The third-order valence-electron chi connectivity index (χ3n) is 1.98. The van der Waals surface area contributed by atoms with Crippen LogP contribution >= 0.6 is 33.9 Å². The molecule has 1 atom stereocenters. The second-order valence-electron chi connectivity index (χ2n) is 2.92. The molecule has 15 heavy (non-hydrogen) atoms. The number of aromatic nitrogens is 2. The maximum absolute atomic E-state index is 5.44. The molecule has 2 rings (SSSR count). The quantitative estimate of drug-likeness (QED) is 0.811. The monoisotopic (exact) mass is 332 g/mol. The fourth-order valence-electron chi connectivity index (χ4n) is 1.33. The van der Waals surface area contributed by atoms with Crippen LogP contribution in [0.3, 0.4) is 0 Å². The Labute approximate surface area is 106 Å². The van der Waals surface area contributed by atoms with Crippen molar-refractivity contribution in [1.82, 2.24) is 10.2 Å². The van der Waals surface area contributed by atoms with Gasteiger partial charge in [0.1, 0.15) is 6.10 Å². The van der Waals surface area contributed by atoms with E-state index >= 15 is 0 Å². The van der Waals surface area contributed by atoms with E-state index in [4.69, 9.17) is 4.74 Å². The molecule has 1 unspecified atom stereocenters. The highest BCUT2D eigenvalue weighted by molar-refractivity contribution is 14.1. The van der Waals surface area contributed by atoms with E-state index in [2.05, 4.69) is 32.8 Å². The van der Waals surface area contributed by atoms with E-state index < -0.39 is 0 Å². The smallest absolute Gasteiger partial charge is 0.178 e. The highest BCUT2D eigenvalue weighted by atomic mass is 127. The van der Waals surface area contributed by atoms with Gasteiger partial charge in [0, 0.05) is 7.11 Å². The zero-order chi connectivity index (χ0) is 10.7. The van der Waals surface area contributed by atoms with Crippen LogP contribution in [-0.4, -0.2) is 17.3 Å². The summed E-state index contributed by atoms with van der Waals surface area (Å²) in [4.78, 5) is 0. The normalized spacial score (nSPS) is 12.7. The van der Waals surface area contributed by atoms with E-state index in [-0.39, 0.29) is 6.10 Å². The molecule has 0 aliphatic heterocycles. The predicted octanol–water partition coefficient (Wildman–Crippen LogP) is 2.88. The van der Waals surface area contributed by atoms with Crippen LogP contribution in [0.2, 0.25) is 0 Å². The molecule has 5 heteroatoms. The van der Waals surface area contributed by atoms with Crippen LogP contribution in [0.25, 0.3) is 0 Å². The van der Waals surface area contributed by atoms with Gasteiger partial charge in [0.05, 0.1) is 0 Å². The molecule has 78 valence electrons. The summed E-state index contributed by atoms with van der Waals surface area (Å²) in [5.74, 6) is 0. The number of hydrogen-bond acceptors (Lipinski definition) is 4. The Morgan fingerprint density at radius 1 is 1.27 bits per heavy atom. The molecule has 3 nitrogen and oxygen atoms in total. The minimum absolute atomic E-state index is 0.104. The number of methoxy groups -OCH3 is 1. The molecule has 0 amide bonds. The second kappa shape index (κ2) is 5.00. The topological polar surface area (TPSA) is 35.0 Å². The Morgan fingerprint density at radius 2 is 2.00 bits per heavy atom. The first-order valence-electron chi connectivity index (χ1n) is 4.38. The molecule has 0 aliphatic rings. The third kappa shape index (κ3) is 2.53. The average Bonchev–Trinajstić information content (AvgIpc) is 2.68. The Bertz CT molecular complexity index is 432. The first kappa shape index (κ1) is 11.0. The van der Waals surface area contributed by atoms with Gasteiger partial charge >= 0.3 is 0 Å². The van der Waals surface area contributed by atoms with Gasteiger partial charge in [0.25, 0.3) is 0 Å². The van der Waals surface area contributed by atoms with E-state index in [9.17, 15) is 0 Å². The Morgan fingerprint density at radius 3 is 2.53 bits per heavy atom. The second-order valence-corrected chi connectivity index (χ2v) is 5.68. The van der Waals surface area contributed by atoms with Crippen LogP contribution in [0.1, 0.15) is 16.7 Å². The molecular formula is C10H9IN2OS. The number of benzene rings is 1. The van der Waals surface area contributed by atoms with Gasteiger partial charge in [-0.15, -0.1) is 10.2 Å². The number of nitrogens with zero attached hydrogens (tertiary/aromatic N) is 2. The van der Waals surface area contributed by atoms with Gasteiger partial charge in [0.2, 0.25) is 0 Å². The van der Waals surface area contributed by atoms with Crippen molar-refractivity contribution in [2.45, 2.75) is 6.10 Å². The molecule has 1 aromatic carbocycles. The summed E-state index contributed by atoms with van der Waals surface area (Å²) in [6.07, 6.45) is -0.104. The van der Waals surface area contributed by atoms with Crippen LogP contribution in [0.5, 0.6) is 0 Å². The summed E-state index contributed by atoms with van der Waals surface area (Å²) < 4.78 is 6.37. The van der Waals surface area contributed by atoms with E-state index in [1.165, 1.54) is 0 Å². The standard InChI is InChI=1S/C10H9IN2OS/c1-14-8(7-5-3-2-4-6-7)9-12-13-10(11)15-9/h2-6,8H,1H3. The SMILES string of the molecule is COC(c1ccccc1)c1nnc(I)s1. The zero-order valence-corrected chi connectivity index (χ0v) is 11.0. The molecule has 0 bridgehead atoms. The van der Waals surface area contributed by atoms with Gasteiger partial charge in [-0.1, -0.05) is 41.7 Å². The maximum Gasteiger partial charge on any atom is 0.178 e. The van der Waals surface area contributed by atoms with E-state index in [0.29, 0.717) is 0 Å². The highest BCUT2D eigenvalue weighted by Crippen LogP contribution is 2.27. The number of ether oxygens (including phenoxy) is 1. The number of hydrogen-bond donors (Lipinski definition) is 0. The van der Waals surface area contributed by atoms with E-state index in [1.807, 2.05) is 30.3 Å².